The van der Waals surface area contributed by atoms with Crippen LogP contribution in [0.4, 0.5) is 4.39 Å². The summed E-state index contributed by atoms with van der Waals surface area (Å²) in [6.45, 7) is 4.10. The highest BCUT2D eigenvalue weighted by atomic mass is 19.1. The van der Waals surface area contributed by atoms with Gasteiger partial charge in [0.15, 0.2) is 0 Å². The second kappa shape index (κ2) is 8.12. The van der Waals surface area contributed by atoms with Crippen molar-refractivity contribution >= 4 is 5.91 Å². The highest BCUT2D eigenvalue weighted by Gasteiger charge is 2.46. The number of nitriles is 1. The number of hydrogen-bond donors (Lipinski definition) is 0. The summed E-state index contributed by atoms with van der Waals surface area (Å²) >= 11 is 0. The molecule has 2 aromatic rings. The van der Waals surface area contributed by atoms with Crippen LogP contribution in [0.3, 0.4) is 0 Å². The lowest BCUT2D eigenvalue weighted by Crippen LogP contribution is -2.36. The Labute approximate surface area is 165 Å². The number of halogens is 1. The Morgan fingerprint density at radius 1 is 1.07 bits per heavy atom. The van der Waals surface area contributed by atoms with E-state index in [9.17, 15) is 9.18 Å². The molecular weight excluding hydrogens is 353 g/mol. The van der Waals surface area contributed by atoms with Gasteiger partial charge in [-0.25, -0.2) is 4.39 Å². The third-order valence-corrected chi connectivity index (χ3v) is 5.80. The second-order valence-electron chi connectivity index (χ2n) is 7.73. The van der Waals surface area contributed by atoms with Crippen molar-refractivity contribution in [1.82, 2.24) is 9.80 Å². The topological polar surface area (TPSA) is 47.3 Å². The van der Waals surface area contributed by atoms with E-state index in [1.165, 1.54) is 11.6 Å². The summed E-state index contributed by atoms with van der Waals surface area (Å²) in [5.41, 5.74) is 2.53. The zero-order chi connectivity index (χ0) is 19.5. The van der Waals surface area contributed by atoms with Crippen molar-refractivity contribution in [2.75, 3.05) is 26.2 Å². The van der Waals surface area contributed by atoms with Crippen molar-refractivity contribution in [3.63, 3.8) is 0 Å². The van der Waals surface area contributed by atoms with Crippen molar-refractivity contribution in [3.05, 3.63) is 71.0 Å². The van der Waals surface area contributed by atoms with Gasteiger partial charge in [0.1, 0.15) is 5.82 Å². The van der Waals surface area contributed by atoms with Gasteiger partial charge in [-0.1, -0.05) is 30.3 Å². The Balaban J connectivity index is 1.32. The molecule has 1 amide bonds. The molecule has 2 unspecified atom stereocenters. The van der Waals surface area contributed by atoms with E-state index in [0.29, 0.717) is 11.1 Å². The molecule has 0 spiro atoms. The first-order valence-electron chi connectivity index (χ1n) is 9.90. The molecule has 0 N–H and O–H groups in total. The standard InChI is InChI=1S/C23H24FN3O/c24-22-5-2-1-4-19(22)20-14-21(20)23(28)27-11-3-10-26(12-13-27)16-18-8-6-17(15-25)7-9-18/h1-2,4-9,20-21H,3,10-14,16H2. The Kier molecular flexibility index (Phi) is 5.40. The summed E-state index contributed by atoms with van der Waals surface area (Å²) < 4.78 is 14.0. The first kappa shape index (κ1) is 18.6. The minimum absolute atomic E-state index is 0.0340. The smallest absolute Gasteiger partial charge is 0.226 e. The Morgan fingerprint density at radius 3 is 2.61 bits per heavy atom. The highest BCUT2D eigenvalue weighted by Crippen LogP contribution is 2.49. The van der Waals surface area contributed by atoms with Gasteiger partial charge >= 0.3 is 0 Å². The van der Waals surface area contributed by atoms with Crippen LogP contribution in [0, 0.1) is 23.1 Å². The van der Waals surface area contributed by atoms with Gasteiger partial charge in [0.05, 0.1) is 11.6 Å². The molecule has 1 heterocycles. The molecule has 1 aliphatic carbocycles. The summed E-state index contributed by atoms with van der Waals surface area (Å²) in [5, 5.41) is 8.91. The molecule has 144 valence electrons. The first-order chi connectivity index (χ1) is 13.7. The third-order valence-electron chi connectivity index (χ3n) is 5.80. The SMILES string of the molecule is N#Cc1ccc(CN2CCCN(C(=O)C3CC3c3ccccc3F)CC2)cc1. The Morgan fingerprint density at radius 2 is 1.86 bits per heavy atom. The molecule has 1 aliphatic heterocycles. The van der Waals surface area contributed by atoms with Gasteiger partial charge in [-0.05, 0) is 48.1 Å². The number of carbonyl (C=O) groups is 1. The van der Waals surface area contributed by atoms with Crippen molar-refractivity contribution in [1.29, 1.82) is 5.26 Å². The predicted molar refractivity (Wildman–Crippen MR) is 105 cm³/mol. The molecule has 2 fully saturated rings. The van der Waals surface area contributed by atoms with E-state index < -0.39 is 0 Å². The largest absolute Gasteiger partial charge is 0.341 e. The summed E-state index contributed by atoms with van der Waals surface area (Å²) in [7, 11) is 0. The van der Waals surface area contributed by atoms with Gasteiger partial charge in [-0.2, -0.15) is 5.26 Å². The molecule has 1 saturated heterocycles. The molecule has 0 radical (unpaired) electrons. The first-order valence-corrected chi connectivity index (χ1v) is 9.90. The number of carbonyl (C=O) groups excluding carboxylic acids is 1. The average molecular weight is 377 g/mol. The van der Waals surface area contributed by atoms with Crippen LogP contribution in [0.2, 0.25) is 0 Å². The molecule has 2 aliphatic rings. The number of nitrogens with zero attached hydrogens (tertiary/aromatic N) is 3. The molecular formula is C23H24FN3O. The molecule has 4 nitrogen and oxygen atoms in total. The Hall–Kier alpha value is -2.71. The molecule has 0 bridgehead atoms. The van der Waals surface area contributed by atoms with E-state index in [0.717, 1.165) is 45.6 Å². The predicted octanol–water partition coefficient (Wildman–Crippen LogP) is 3.54. The van der Waals surface area contributed by atoms with E-state index in [2.05, 4.69) is 11.0 Å². The maximum absolute atomic E-state index is 14.0. The van der Waals surface area contributed by atoms with Crippen molar-refractivity contribution in [3.8, 4) is 6.07 Å². The highest BCUT2D eigenvalue weighted by molar-refractivity contribution is 5.83. The van der Waals surface area contributed by atoms with Crippen LogP contribution in [-0.4, -0.2) is 41.9 Å². The number of amides is 1. The number of benzene rings is 2. The van der Waals surface area contributed by atoms with Gasteiger partial charge in [0, 0.05) is 38.6 Å². The van der Waals surface area contributed by atoms with Crippen molar-refractivity contribution in [2.24, 2.45) is 5.92 Å². The van der Waals surface area contributed by atoms with Crippen LogP contribution < -0.4 is 0 Å². The van der Waals surface area contributed by atoms with Gasteiger partial charge in [0.25, 0.3) is 0 Å². The van der Waals surface area contributed by atoms with Crippen LogP contribution in [0.15, 0.2) is 48.5 Å². The summed E-state index contributed by atoms with van der Waals surface area (Å²) in [6, 6.07) is 16.6. The van der Waals surface area contributed by atoms with Gasteiger partial charge < -0.3 is 4.90 Å². The summed E-state index contributed by atoms with van der Waals surface area (Å²) in [4.78, 5) is 17.2. The van der Waals surface area contributed by atoms with Gasteiger partial charge in [-0.15, -0.1) is 0 Å². The normalized spacial score (nSPS) is 22.4. The van der Waals surface area contributed by atoms with Crippen LogP contribution in [-0.2, 0) is 11.3 Å². The lowest BCUT2D eigenvalue weighted by Gasteiger charge is -2.22. The van der Waals surface area contributed by atoms with E-state index in [-0.39, 0.29) is 23.6 Å². The van der Waals surface area contributed by atoms with Crippen LogP contribution >= 0.6 is 0 Å². The van der Waals surface area contributed by atoms with E-state index in [1.54, 1.807) is 12.1 Å². The molecule has 1 saturated carbocycles. The zero-order valence-corrected chi connectivity index (χ0v) is 15.9. The van der Waals surface area contributed by atoms with Crippen LogP contribution in [0.1, 0.15) is 35.4 Å². The lowest BCUT2D eigenvalue weighted by atomic mass is 10.1. The summed E-state index contributed by atoms with van der Waals surface area (Å²) in [6.07, 6.45) is 1.70. The Bertz CT molecular complexity index is 889. The fourth-order valence-corrected chi connectivity index (χ4v) is 4.11. The maximum atomic E-state index is 14.0. The monoisotopic (exact) mass is 377 g/mol. The lowest BCUT2D eigenvalue weighted by molar-refractivity contribution is -0.132. The molecule has 0 aromatic heterocycles. The minimum Gasteiger partial charge on any atom is -0.341 e. The molecule has 2 atom stereocenters. The summed E-state index contributed by atoms with van der Waals surface area (Å²) in [5.74, 6) is -0.0607. The molecule has 28 heavy (non-hydrogen) atoms. The van der Waals surface area contributed by atoms with Crippen LogP contribution in [0.25, 0.3) is 0 Å². The fraction of sp³-hybridized carbons (Fsp3) is 0.391. The minimum atomic E-state index is -0.202. The fourth-order valence-electron chi connectivity index (χ4n) is 4.11. The van der Waals surface area contributed by atoms with E-state index in [4.69, 9.17) is 5.26 Å². The quantitative estimate of drug-likeness (QED) is 0.819. The van der Waals surface area contributed by atoms with Crippen molar-refractivity contribution < 1.29 is 9.18 Å². The van der Waals surface area contributed by atoms with E-state index in [1.807, 2.05) is 35.2 Å². The number of hydrogen-bond acceptors (Lipinski definition) is 3. The maximum Gasteiger partial charge on any atom is 0.226 e. The number of rotatable bonds is 4. The zero-order valence-electron chi connectivity index (χ0n) is 15.9. The average Bonchev–Trinajstić information content (AvgIpc) is 3.53. The molecule has 4 rings (SSSR count). The van der Waals surface area contributed by atoms with Gasteiger partial charge in [0.2, 0.25) is 5.91 Å². The van der Waals surface area contributed by atoms with Crippen molar-refractivity contribution in [2.45, 2.75) is 25.3 Å². The molecule has 5 heteroatoms. The second-order valence-corrected chi connectivity index (χ2v) is 7.73. The third kappa shape index (κ3) is 4.07. The molecule has 2 aromatic carbocycles. The van der Waals surface area contributed by atoms with Gasteiger partial charge in [-0.3, -0.25) is 9.69 Å². The van der Waals surface area contributed by atoms with E-state index >= 15 is 0 Å². The van der Waals surface area contributed by atoms with Crippen LogP contribution in [0.5, 0.6) is 0 Å².